The molecule has 180 valence electrons. The van der Waals surface area contributed by atoms with E-state index in [9.17, 15) is 13.2 Å². The van der Waals surface area contributed by atoms with Crippen LogP contribution in [0, 0.1) is 5.92 Å². The van der Waals surface area contributed by atoms with Crippen molar-refractivity contribution < 1.29 is 13.2 Å². The molecule has 2 N–H and O–H groups in total. The highest BCUT2D eigenvalue weighted by Gasteiger charge is 2.26. The van der Waals surface area contributed by atoms with E-state index in [1.165, 1.54) is 36.0 Å². The number of sulfonamides is 1. The van der Waals surface area contributed by atoms with Gasteiger partial charge >= 0.3 is 0 Å². The van der Waals surface area contributed by atoms with Crippen LogP contribution in [-0.4, -0.2) is 51.9 Å². The molecule has 1 saturated heterocycles. The van der Waals surface area contributed by atoms with Crippen molar-refractivity contribution in [3.05, 3.63) is 67.0 Å². The summed E-state index contributed by atoms with van der Waals surface area (Å²) in [7, 11) is -3.73. The number of carbonyl (C=O) groups excluding carboxylic acids is 1. The molecule has 0 atom stereocenters. The maximum absolute atomic E-state index is 12.8. The fourth-order valence-corrected chi connectivity index (χ4v) is 5.61. The number of hydrogen-bond acceptors (Lipinski definition) is 9. The van der Waals surface area contributed by atoms with E-state index in [4.69, 9.17) is 0 Å². The zero-order chi connectivity index (χ0) is 24.3. The molecule has 0 unspecified atom stereocenters. The summed E-state index contributed by atoms with van der Waals surface area (Å²) in [6, 6.07) is 7.99. The summed E-state index contributed by atoms with van der Waals surface area (Å²) in [5, 5.41) is 4.89. The van der Waals surface area contributed by atoms with Crippen LogP contribution in [0.25, 0.3) is 5.82 Å². The van der Waals surface area contributed by atoms with E-state index in [1.54, 1.807) is 30.0 Å². The first kappa shape index (κ1) is 22.9. The van der Waals surface area contributed by atoms with Gasteiger partial charge in [-0.1, -0.05) is 0 Å². The van der Waals surface area contributed by atoms with E-state index in [-0.39, 0.29) is 16.7 Å². The van der Waals surface area contributed by atoms with Gasteiger partial charge in [-0.05, 0) is 37.1 Å². The van der Waals surface area contributed by atoms with Crippen molar-refractivity contribution in [2.75, 3.05) is 28.0 Å². The van der Waals surface area contributed by atoms with Crippen LogP contribution < -0.4 is 14.9 Å². The standard InChI is InChI=1S/C22H22N8O3S2/c31-21(27-17-1-3-18(4-2-17)35(32,33)28-22-24-8-12-34-22)16-5-9-29(10-6-16)19-13-20(26-14-25-19)30-11-7-23-15-30/h1-4,7-8,11-16H,5-6,9-10H2,(H,24,28)(H,27,31). The normalized spacial score (nSPS) is 14.6. The fraction of sp³-hybridized carbons (Fsp3) is 0.227. The van der Waals surface area contributed by atoms with E-state index in [1.807, 2.05) is 16.8 Å². The Balaban J connectivity index is 1.16. The van der Waals surface area contributed by atoms with Gasteiger partial charge in [-0.15, -0.1) is 11.3 Å². The lowest BCUT2D eigenvalue weighted by molar-refractivity contribution is -0.120. The van der Waals surface area contributed by atoms with Crippen molar-refractivity contribution >= 4 is 43.9 Å². The highest BCUT2D eigenvalue weighted by atomic mass is 32.2. The highest BCUT2D eigenvalue weighted by Crippen LogP contribution is 2.25. The van der Waals surface area contributed by atoms with E-state index >= 15 is 0 Å². The molecule has 0 radical (unpaired) electrons. The number of nitrogens with one attached hydrogen (secondary N) is 2. The van der Waals surface area contributed by atoms with E-state index in [0.29, 0.717) is 36.8 Å². The van der Waals surface area contributed by atoms with Crippen LogP contribution in [0.2, 0.25) is 0 Å². The fourth-order valence-electron chi connectivity index (χ4n) is 3.83. The summed E-state index contributed by atoms with van der Waals surface area (Å²) in [5.41, 5.74) is 0.548. The number of imidazole rings is 1. The number of anilines is 3. The smallest absolute Gasteiger partial charge is 0.263 e. The Morgan fingerprint density at radius 1 is 1.03 bits per heavy atom. The number of amides is 1. The largest absolute Gasteiger partial charge is 0.356 e. The van der Waals surface area contributed by atoms with Crippen LogP contribution >= 0.6 is 11.3 Å². The van der Waals surface area contributed by atoms with Crippen LogP contribution in [0.3, 0.4) is 0 Å². The van der Waals surface area contributed by atoms with Gasteiger partial charge in [-0.3, -0.25) is 14.1 Å². The minimum absolute atomic E-state index is 0.0806. The molecule has 0 spiro atoms. The molecule has 1 aliphatic rings. The van der Waals surface area contributed by atoms with Crippen LogP contribution in [0.4, 0.5) is 16.6 Å². The van der Waals surface area contributed by atoms with E-state index in [0.717, 1.165) is 11.6 Å². The number of nitrogens with zero attached hydrogens (tertiary/aromatic N) is 6. The molecule has 3 aromatic heterocycles. The summed E-state index contributed by atoms with van der Waals surface area (Å²) in [4.78, 5) is 31.7. The Bertz CT molecular complexity index is 1380. The number of aromatic nitrogens is 5. The van der Waals surface area contributed by atoms with Crippen LogP contribution in [-0.2, 0) is 14.8 Å². The number of piperidine rings is 1. The van der Waals surface area contributed by atoms with Crippen molar-refractivity contribution in [3.63, 3.8) is 0 Å². The van der Waals surface area contributed by atoms with Gasteiger partial charge in [0.05, 0.1) is 4.90 Å². The molecule has 0 saturated carbocycles. The first-order valence-electron chi connectivity index (χ1n) is 10.9. The maximum Gasteiger partial charge on any atom is 0.263 e. The molecule has 1 fully saturated rings. The molecule has 1 aromatic carbocycles. The van der Waals surface area contributed by atoms with Crippen molar-refractivity contribution in [1.29, 1.82) is 0 Å². The molecule has 4 aromatic rings. The number of carbonyl (C=O) groups is 1. The SMILES string of the molecule is O=C(Nc1ccc(S(=O)(=O)Nc2nccs2)cc1)C1CCN(c2cc(-n3ccnc3)ncn2)CC1. The third-order valence-corrected chi connectivity index (χ3v) is 7.86. The molecular weight excluding hydrogens is 488 g/mol. The lowest BCUT2D eigenvalue weighted by atomic mass is 9.96. The van der Waals surface area contributed by atoms with Gasteiger partial charge in [0.1, 0.15) is 24.3 Å². The molecule has 5 rings (SSSR count). The van der Waals surface area contributed by atoms with Crippen molar-refractivity contribution in [2.24, 2.45) is 5.92 Å². The third-order valence-electron chi connectivity index (χ3n) is 5.68. The minimum Gasteiger partial charge on any atom is -0.356 e. The zero-order valence-corrected chi connectivity index (χ0v) is 20.1. The second-order valence-corrected chi connectivity index (χ2v) is 10.5. The molecule has 1 aliphatic heterocycles. The predicted octanol–water partition coefficient (Wildman–Crippen LogP) is 2.77. The monoisotopic (exact) mass is 510 g/mol. The van der Waals surface area contributed by atoms with Gasteiger partial charge in [0.2, 0.25) is 5.91 Å². The van der Waals surface area contributed by atoms with Gasteiger partial charge in [0.25, 0.3) is 10.0 Å². The zero-order valence-electron chi connectivity index (χ0n) is 18.5. The summed E-state index contributed by atoms with van der Waals surface area (Å²) in [6.07, 6.45) is 9.61. The quantitative estimate of drug-likeness (QED) is 0.388. The van der Waals surface area contributed by atoms with Gasteiger partial charge in [0.15, 0.2) is 5.13 Å². The van der Waals surface area contributed by atoms with Gasteiger partial charge in [-0.2, -0.15) is 0 Å². The highest BCUT2D eigenvalue weighted by molar-refractivity contribution is 7.93. The minimum atomic E-state index is -3.73. The molecule has 35 heavy (non-hydrogen) atoms. The average Bonchev–Trinajstić information content (AvgIpc) is 3.59. The van der Waals surface area contributed by atoms with Crippen LogP contribution in [0.15, 0.2) is 71.9 Å². The number of rotatable bonds is 7. The topological polar surface area (TPSA) is 135 Å². The van der Waals surface area contributed by atoms with Crippen molar-refractivity contribution in [3.8, 4) is 5.82 Å². The van der Waals surface area contributed by atoms with Crippen molar-refractivity contribution in [2.45, 2.75) is 17.7 Å². The van der Waals surface area contributed by atoms with Crippen molar-refractivity contribution in [1.82, 2.24) is 24.5 Å². The molecular formula is C22H22N8O3S2. The molecule has 11 nitrogen and oxygen atoms in total. The average molecular weight is 511 g/mol. The summed E-state index contributed by atoms with van der Waals surface area (Å²) in [5.74, 6) is 1.32. The number of thiazole rings is 1. The van der Waals surface area contributed by atoms with Crippen LogP contribution in [0.1, 0.15) is 12.8 Å². The Kier molecular flexibility index (Phi) is 6.42. The summed E-state index contributed by atoms with van der Waals surface area (Å²) in [6.45, 7) is 1.39. The third kappa shape index (κ3) is 5.30. The number of hydrogen-bond donors (Lipinski definition) is 2. The predicted molar refractivity (Wildman–Crippen MR) is 132 cm³/mol. The second-order valence-electron chi connectivity index (χ2n) is 7.92. The maximum atomic E-state index is 12.8. The van der Waals surface area contributed by atoms with Gasteiger partial charge in [0, 0.05) is 54.7 Å². The molecule has 13 heteroatoms. The van der Waals surface area contributed by atoms with E-state index in [2.05, 4.69) is 34.9 Å². The second kappa shape index (κ2) is 9.80. The number of benzene rings is 1. The van der Waals surface area contributed by atoms with Gasteiger partial charge in [-0.25, -0.2) is 28.4 Å². The first-order chi connectivity index (χ1) is 17.0. The Hall–Kier alpha value is -3.84. The van der Waals surface area contributed by atoms with Gasteiger partial charge < -0.3 is 10.2 Å². The lowest BCUT2D eigenvalue weighted by Crippen LogP contribution is -2.38. The van der Waals surface area contributed by atoms with Crippen LogP contribution in [0.5, 0.6) is 0 Å². The molecule has 0 bridgehead atoms. The Labute approximate surface area is 206 Å². The molecule has 4 heterocycles. The Morgan fingerprint density at radius 3 is 2.49 bits per heavy atom. The molecule has 0 aliphatic carbocycles. The summed E-state index contributed by atoms with van der Waals surface area (Å²) < 4.78 is 29.2. The molecule has 1 amide bonds. The Morgan fingerprint density at radius 2 is 1.80 bits per heavy atom. The van der Waals surface area contributed by atoms with E-state index < -0.39 is 10.0 Å². The lowest BCUT2D eigenvalue weighted by Gasteiger charge is -2.32. The summed E-state index contributed by atoms with van der Waals surface area (Å²) >= 11 is 1.20. The first-order valence-corrected chi connectivity index (χ1v) is 13.2.